The van der Waals surface area contributed by atoms with E-state index in [1.165, 1.54) is 53.9 Å². The molecular formula is C20H25NO. The van der Waals surface area contributed by atoms with Gasteiger partial charge in [0.2, 0.25) is 0 Å². The fourth-order valence-corrected chi connectivity index (χ4v) is 2.99. The summed E-state index contributed by atoms with van der Waals surface area (Å²) in [5.74, 6) is 0.978. The van der Waals surface area contributed by atoms with Crippen molar-refractivity contribution >= 4 is 21.8 Å². The number of para-hydroxylation sites is 1. The predicted molar refractivity (Wildman–Crippen MR) is 94.7 cm³/mol. The van der Waals surface area contributed by atoms with Gasteiger partial charge in [0.05, 0.1) is 6.61 Å². The summed E-state index contributed by atoms with van der Waals surface area (Å²) in [7, 11) is 0. The first-order chi connectivity index (χ1) is 10.9. The second-order valence-electron chi connectivity index (χ2n) is 5.99. The Kier molecular flexibility index (Phi) is 4.99. The van der Waals surface area contributed by atoms with Gasteiger partial charge in [-0.15, -0.1) is 0 Å². The van der Waals surface area contributed by atoms with Crippen LogP contribution in [0.2, 0.25) is 0 Å². The van der Waals surface area contributed by atoms with Gasteiger partial charge in [-0.05, 0) is 30.7 Å². The number of rotatable bonds is 8. The molecular weight excluding hydrogens is 270 g/mol. The van der Waals surface area contributed by atoms with Crippen LogP contribution >= 0.6 is 0 Å². The molecule has 1 heterocycles. The molecule has 22 heavy (non-hydrogen) atoms. The molecule has 0 aliphatic rings. The molecule has 0 bridgehead atoms. The lowest BCUT2D eigenvalue weighted by molar-refractivity contribution is 0.305. The summed E-state index contributed by atoms with van der Waals surface area (Å²) in [6.07, 6.45) is 7.78. The molecule has 1 N–H and O–H groups in total. The third kappa shape index (κ3) is 3.44. The van der Waals surface area contributed by atoms with E-state index >= 15 is 0 Å². The van der Waals surface area contributed by atoms with Gasteiger partial charge in [0.15, 0.2) is 0 Å². The van der Waals surface area contributed by atoms with E-state index in [4.69, 9.17) is 4.74 Å². The van der Waals surface area contributed by atoms with E-state index in [0.29, 0.717) is 0 Å². The molecule has 0 radical (unpaired) electrons. The van der Waals surface area contributed by atoms with Crippen molar-refractivity contribution < 1.29 is 4.74 Å². The molecule has 3 aromatic rings. The Morgan fingerprint density at radius 2 is 1.59 bits per heavy atom. The van der Waals surface area contributed by atoms with Crippen molar-refractivity contribution in [1.29, 1.82) is 0 Å². The average Bonchev–Trinajstić information content (AvgIpc) is 2.92. The maximum absolute atomic E-state index is 5.93. The van der Waals surface area contributed by atoms with Gasteiger partial charge < -0.3 is 9.72 Å². The zero-order chi connectivity index (χ0) is 15.2. The molecule has 116 valence electrons. The van der Waals surface area contributed by atoms with E-state index in [1.807, 2.05) is 0 Å². The lowest BCUT2D eigenvalue weighted by atomic mass is 10.1. The quantitative estimate of drug-likeness (QED) is 0.502. The molecule has 0 saturated heterocycles. The Morgan fingerprint density at radius 3 is 2.50 bits per heavy atom. The molecule has 0 aliphatic carbocycles. The molecule has 0 unspecified atom stereocenters. The Hall–Kier alpha value is -1.96. The zero-order valence-electron chi connectivity index (χ0n) is 13.4. The summed E-state index contributed by atoms with van der Waals surface area (Å²) >= 11 is 0. The van der Waals surface area contributed by atoms with Gasteiger partial charge in [-0.25, -0.2) is 0 Å². The minimum atomic E-state index is 0.819. The third-order valence-corrected chi connectivity index (χ3v) is 4.24. The topological polar surface area (TPSA) is 25.0 Å². The molecule has 0 amide bonds. The molecule has 2 nitrogen and oxygen atoms in total. The van der Waals surface area contributed by atoms with Gasteiger partial charge in [0.1, 0.15) is 5.75 Å². The molecule has 0 atom stereocenters. The molecule has 0 aliphatic heterocycles. The highest BCUT2D eigenvalue weighted by molar-refractivity contribution is 6.07. The summed E-state index contributed by atoms with van der Waals surface area (Å²) in [6, 6.07) is 14.8. The van der Waals surface area contributed by atoms with Gasteiger partial charge in [-0.3, -0.25) is 0 Å². The van der Waals surface area contributed by atoms with E-state index in [0.717, 1.165) is 18.8 Å². The number of aromatic nitrogens is 1. The maximum atomic E-state index is 5.93. The molecule has 3 rings (SSSR count). The van der Waals surface area contributed by atoms with Crippen LogP contribution in [0.3, 0.4) is 0 Å². The van der Waals surface area contributed by atoms with Gasteiger partial charge in [-0.1, -0.05) is 57.2 Å². The van der Waals surface area contributed by atoms with Crippen LogP contribution in [0, 0.1) is 0 Å². The highest BCUT2D eigenvalue weighted by atomic mass is 16.5. The lowest BCUT2D eigenvalue weighted by Crippen LogP contribution is -1.97. The van der Waals surface area contributed by atoms with Crippen LogP contribution in [0.1, 0.15) is 45.4 Å². The minimum Gasteiger partial charge on any atom is -0.494 e. The standard InChI is InChI=1S/C20H25NO/c1-2-3-4-5-6-9-14-22-16-12-13-20-18(15-16)17-10-7-8-11-19(17)21-20/h7-8,10-13,15,21H,2-6,9,14H2,1H3. The van der Waals surface area contributed by atoms with Crippen LogP contribution in [-0.4, -0.2) is 11.6 Å². The van der Waals surface area contributed by atoms with Gasteiger partial charge in [-0.2, -0.15) is 0 Å². The number of benzene rings is 2. The first-order valence-electron chi connectivity index (χ1n) is 8.52. The fourth-order valence-electron chi connectivity index (χ4n) is 2.99. The summed E-state index contributed by atoms with van der Waals surface area (Å²) in [5, 5.41) is 2.51. The summed E-state index contributed by atoms with van der Waals surface area (Å²) in [4.78, 5) is 3.45. The monoisotopic (exact) mass is 295 g/mol. The first kappa shape index (κ1) is 15.0. The van der Waals surface area contributed by atoms with Crippen molar-refractivity contribution in [2.24, 2.45) is 0 Å². The number of unbranched alkanes of at least 4 members (excludes halogenated alkanes) is 5. The summed E-state index contributed by atoms with van der Waals surface area (Å²) in [6.45, 7) is 3.07. The molecule has 0 fully saturated rings. The first-order valence-corrected chi connectivity index (χ1v) is 8.52. The Labute approximate surface area is 132 Å². The van der Waals surface area contributed by atoms with E-state index in [-0.39, 0.29) is 0 Å². The van der Waals surface area contributed by atoms with Crippen LogP contribution in [0.25, 0.3) is 21.8 Å². The zero-order valence-corrected chi connectivity index (χ0v) is 13.4. The lowest BCUT2D eigenvalue weighted by Gasteiger charge is -2.06. The van der Waals surface area contributed by atoms with Crippen LogP contribution in [0.4, 0.5) is 0 Å². The number of hydrogen-bond acceptors (Lipinski definition) is 1. The minimum absolute atomic E-state index is 0.819. The van der Waals surface area contributed by atoms with Crippen LogP contribution in [0.5, 0.6) is 5.75 Å². The number of aromatic amines is 1. The van der Waals surface area contributed by atoms with Crippen molar-refractivity contribution in [2.75, 3.05) is 6.61 Å². The number of fused-ring (bicyclic) bond motifs is 3. The number of nitrogens with one attached hydrogen (secondary N) is 1. The number of hydrogen-bond donors (Lipinski definition) is 1. The van der Waals surface area contributed by atoms with E-state index < -0.39 is 0 Å². The van der Waals surface area contributed by atoms with E-state index in [9.17, 15) is 0 Å². The highest BCUT2D eigenvalue weighted by Crippen LogP contribution is 2.28. The second kappa shape index (κ2) is 7.35. The normalized spacial score (nSPS) is 11.3. The highest BCUT2D eigenvalue weighted by Gasteiger charge is 2.04. The number of ether oxygens (including phenoxy) is 1. The second-order valence-corrected chi connectivity index (χ2v) is 5.99. The third-order valence-electron chi connectivity index (χ3n) is 4.24. The Balaban J connectivity index is 1.59. The van der Waals surface area contributed by atoms with Crippen molar-refractivity contribution in [2.45, 2.75) is 45.4 Å². The smallest absolute Gasteiger partial charge is 0.120 e. The van der Waals surface area contributed by atoms with Gasteiger partial charge in [0.25, 0.3) is 0 Å². The maximum Gasteiger partial charge on any atom is 0.120 e. The van der Waals surface area contributed by atoms with E-state index in [2.05, 4.69) is 54.4 Å². The van der Waals surface area contributed by atoms with Gasteiger partial charge in [0, 0.05) is 21.8 Å². The van der Waals surface area contributed by atoms with Crippen LogP contribution in [-0.2, 0) is 0 Å². The van der Waals surface area contributed by atoms with Crippen molar-refractivity contribution in [3.05, 3.63) is 42.5 Å². The molecule has 0 saturated carbocycles. The largest absolute Gasteiger partial charge is 0.494 e. The SMILES string of the molecule is CCCCCCCCOc1ccc2[nH]c3ccccc3c2c1. The predicted octanol–water partition coefficient (Wildman–Crippen LogP) is 6.06. The fraction of sp³-hybridized carbons (Fsp3) is 0.400. The van der Waals surface area contributed by atoms with Crippen molar-refractivity contribution in [3.63, 3.8) is 0 Å². The average molecular weight is 295 g/mol. The Morgan fingerprint density at radius 1 is 0.818 bits per heavy atom. The Bertz CT molecular complexity index is 729. The van der Waals surface area contributed by atoms with Crippen molar-refractivity contribution in [3.8, 4) is 5.75 Å². The van der Waals surface area contributed by atoms with Crippen LogP contribution in [0.15, 0.2) is 42.5 Å². The summed E-state index contributed by atoms with van der Waals surface area (Å²) in [5.41, 5.74) is 2.36. The molecule has 2 heteroatoms. The molecule has 1 aromatic heterocycles. The van der Waals surface area contributed by atoms with E-state index in [1.54, 1.807) is 0 Å². The molecule has 2 aromatic carbocycles. The molecule has 0 spiro atoms. The number of H-pyrrole nitrogens is 1. The van der Waals surface area contributed by atoms with Crippen LogP contribution < -0.4 is 4.74 Å². The van der Waals surface area contributed by atoms with Crippen molar-refractivity contribution in [1.82, 2.24) is 4.98 Å². The summed E-state index contributed by atoms with van der Waals surface area (Å²) < 4.78 is 5.93. The van der Waals surface area contributed by atoms with Gasteiger partial charge >= 0.3 is 0 Å².